The van der Waals surface area contributed by atoms with E-state index in [0.29, 0.717) is 0 Å². The van der Waals surface area contributed by atoms with E-state index in [-0.39, 0.29) is 29.9 Å². The molecule has 2 rings (SSSR count). The van der Waals surface area contributed by atoms with Crippen molar-refractivity contribution < 1.29 is 4.79 Å². The molecule has 0 saturated heterocycles. The van der Waals surface area contributed by atoms with Crippen LogP contribution in [0.5, 0.6) is 0 Å². The van der Waals surface area contributed by atoms with Crippen molar-refractivity contribution in [2.45, 2.75) is 33.2 Å². The lowest BCUT2D eigenvalue weighted by Crippen LogP contribution is -2.37. The van der Waals surface area contributed by atoms with Gasteiger partial charge in [-0.15, -0.1) is 35.3 Å². The van der Waals surface area contributed by atoms with E-state index in [2.05, 4.69) is 40.0 Å². The van der Waals surface area contributed by atoms with E-state index >= 15 is 0 Å². The molecule has 0 aliphatic carbocycles. The molecule has 1 aromatic carbocycles. The Morgan fingerprint density at radius 1 is 1.08 bits per heavy atom. The molecule has 0 radical (unpaired) electrons. The quantitative estimate of drug-likeness (QED) is 0.317. The average molecular weight is 486 g/mol. The molecule has 5 nitrogen and oxygen atoms in total. The van der Waals surface area contributed by atoms with Crippen LogP contribution in [0.25, 0.3) is 0 Å². The summed E-state index contributed by atoms with van der Waals surface area (Å²) in [5.41, 5.74) is 2.03. The van der Waals surface area contributed by atoms with Gasteiger partial charge in [-0.05, 0) is 42.7 Å². The lowest BCUT2D eigenvalue weighted by Gasteiger charge is -2.11. The first-order valence-corrected chi connectivity index (χ1v) is 9.31. The summed E-state index contributed by atoms with van der Waals surface area (Å²) in [6.45, 7) is 5.27. The molecule has 0 spiro atoms. The SMILES string of the molecule is CCc1ccc(CNC(=NC)NCCc2ccc(NC(C)=O)cc2)s1.I. The molecule has 0 atom stereocenters. The number of amides is 1. The van der Waals surface area contributed by atoms with Crippen molar-refractivity contribution in [1.29, 1.82) is 0 Å². The number of carbonyl (C=O) groups is 1. The number of hydrogen-bond acceptors (Lipinski definition) is 3. The van der Waals surface area contributed by atoms with Crippen molar-refractivity contribution in [2.24, 2.45) is 4.99 Å². The number of guanidine groups is 1. The Labute approximate surface area is 176 Å². The summed E-state index contributed by atoms with van der Waals surface area (Å²) < 4.78 is 0. The molecule has 1 heterocycles. The molecule has 142 valence electrons. The molecule has 0 bridgehead atoms. The van der Waals surface area contributed by atoms with Crippen molar-refractivity contribution in [2.75, 3.05) is 18.9 Å². The third-order valence-electron chi connectivity index (χ3n) is 3.70. The molecule has 0 fully saturated rings. The molecule has 3 N–H and O–H groups in total. The molecule has 7 heteroatoms. The maximum Gasteiger partial charge on any atom is 0.221 e. The van der Waals surface area contributed by atoms with E-state index < -0.39 is 0 Å². The van der Waals surface area contributed by atoms with Crippen molar-refractivity contribution in [1.82, 2.24) is 10.6 Å². The average Bonchev–Trinajstić information content (AvgIpc) is 3.07. The summed E-state index contributed by atoms with van der Waals surface area (Å²) in [6, 6.07) is 12.3. The number of anilines is 1. The van der Waals surface area contributed by atoms with Crippen LogP contribution in [0, 0.1) is 0 Å². The van der Waals surface area contributed by atoms with Gasteiger partial charge in [-0.1, -0.05) is 19.1 Å². The summed E-state index contributed by atoms with van der Waals surface area (Å²) >= 11 is 1.84. The first-order valence-electron chi connectivity index (χ1n) is 8.49. The molecule has 1 aromatic heterocycles. The minimum absolute atomic E-state index is 0. The molecule has 1 amide bonds. The fraction of sp³-hybridized carbons (Fsp3) is 0.368. The number of aryl methyl sites for hydroxylation is 1. The van der Waals surface area contributed by atoms with Gasteiger partial charge in [-0.25, -0.2) is 0 Å². The predicted molar refractivity (Wildman–Crippen MR) is 122 cm³/mol. The van der Waals surface area contributed by atoms with E-state index in [0.717, 1.165) is 37.6 Å². The largest absolute Gasteiger partial charge is 0.356 e. The van der Waals surface area contributed by atoms with Crippen LogP contribution in [0.4, 0.5) is 5.69 Å². The number of benzene rings is 1. The minimum Gasteiger partial charge on any atom is -0.356 e. The van der Waals surface area contributed by atoms with Gasteiger partial charge in [-0.3, -0.25) is 9.79 Å². The van der Waals surface area contributed by atoms with E-state index in [1.54, 1.807) is 7.05 Å². The second kappa shape index (κ2) is 11.9. The fourth-order valence-corrected chi connectivity index (χ4v) is 3.28. The molecule has 0 aliphatic heterocycles. The molecular weight excluding hydrogens is 459 g/mol. The molecule has 0 unspecified atom stereocenters. The molecular formula is C19H27IN4OS. The first kappa shape index (κ1) is 22.4. The zero-order chi connectivity index (χ0) is 18.1. The molecule has 0 aliphatic rings. The zero-order valence-corrected chi connectivity index (χ0v) is 18.6. The maximum atomic E-state index is 11.0. The Balaban J connectivity index is 0.00000338. The van der Waals surface area contributed by atoms with Gasteiger partial charge in [0.2, 0.25) is 5.91 Å². The third-order valence-corrected chi connectivity index (χ3v) is 4.93. The number of nitrogens with one attached hydrogen (secondary N) is 3. The molecule has 0 saturated carbocycles. The van der Waals surface area contributed by atoms with E-state index in [4.69, 9.17) is 0 Å². The minimum atomic E-state index is -0.0545. The highest BCUT2D eigenvalue weighted by molar-refractivity contribution is 14.0. The van der Waals surface area contributed by atoms with Crippen molar-refractivity contribution in [3.05, 3.63) is 51.7 Å². The molecule has 26 heavy (non-hydrogen) atoms. The van der Waals surface area contributed by atoms with Crippen molar-refractivity contribution in [3.8, 4) is 0 Å². The third kappa shape index (κ3) is 7.74. The summed E-state index contributed by atoms with van der Waals surface area (Å²) in [6.07, 6.45) is 1.97. The molecule has 2 aromatic rings. The number of rotatable bonds is 7. The van der Waals surface area contributed by atoms with Crippen LogP contribution in [0.3, 0.4) is 0 Å². The first-order chi connectivity index (χ1) is 12.1. The lowest BCUT2D eigenvalue weighted by atomic mass is 10.1. The highest BCUT2D eigenvalue weighted by Crippen LogP contribution is 2.16. The topological polar surface area (TPSA) is 65.5 Å². The van der Waals surface area contributed by atoms with Gasteiger partial charge >= 0.3 is 0 Å². The number of nitrogens with zero attached hydrogens (tertiary/aromatic N) is 1. The Bertz CT molecular complexity index is 713. The smallest absolute Gasteiger partial charge is 0.221 e. The van der Waals surface area contributed by atoms with Crippen LogP contribution < -0.4 is 16.0 Å². The second-order valence-corrected chi connectivity index (χ2v) is 6.96. The Kier molecular flexibility index (Phi) is 10.3. The Morgan fingerprint density at radius 2 is 1.77 bits per heavy atom. The van der Waals surface area contributed by atoms with Crippen LogP contribution in [0.15, 0.2) is 41.4 Å². The Morgan fingerprint density at radius 3 is 2.35 bits per heavy atom. The zero-order valence-electron chi connectivity index (χ0n) is 15.5. The fourth-order valence-electron chi connectivity index (χ4n) is 2.38. The van der Waals surface area contributed by atoms with Crippen LogP contribution in [-0.2, 0) is 24.2 Å². The number of thiophene rings is 1. The van der Waals surface area contributed by atoms with E-state index in [1.807, 2.05) is 35.6 Å². The summed E-state index contributed by atoms with van der Waals surface area (Å²) in [5.74, 6) is 0.752. The maximum absolute atomic E-state index is 11.0. The van der Waals surface area contributed by atoms with Crippen molar-refractivity contribution in [3.63, 3.8) is 0 Å². The normalized spacial score (nSPS) is 10.8. The monoisotopic (exact) mass is 486 g/mol. The summed E-state index contributed by atoms with van der Waals surface area (Å²) in [5, 5.41) is 9.44. The number of carbonyl (C=O) groups excluding carboxylic acids is 1. The van der Waals surface area contributed by atoms with Crippen LogP contribution in [0.1, 0.15) is 29.2 Å². The van der Waals surface area contributed by atoms with Gasteiger partial charge in [0.05, 0.1) is 6.54 Å². The van der Waals surface area contributed by atoms with Crippen LogP contribution in [0.2, 0.25) is 0 Å². The van der Waals surface area contributed by atoms with Gasteiger partial charge in [0.15, 0.2) is 5.96 Å². The van der Waals surface area contributed by atoms with Crippen LogP contribution >= 0.6 is 35.3 Å². The van der Waals surface area contributed by atoms with Crippen molar-refractivity contribution >= 4 is 52.9 Å². The predicted octanol–water partition coefficient (Wildman–Crippen LogP) is 3.79. The van der Waals surface area contributed by atoms with Gasteiger partial charge in [0.1, 0.15) is 0 Å². The lowest BCUT2D eigenvalue weighted by molar-refractivity contribution is -0.114. The number of aliphatic imine (C=N–C) groups is 1. The highest BCUT2D eigenvalue weighted by atomic mass is 127. The van der Waals surface area contributed by atoms with Gasteiger partial charge < -0.3 is 16.0 Å². The van der Waals surface area contributed by atoms with Crippen LogP contribution in [-0.4, -0.2) is 25.5 Å². The van der Waals surface area contributed by atoms with Gasteiger partial charge in [0.25, 0.3) is 0 Å². The number of halogens is 1. The number of hydrogen-bond donors (Lipinski definition) is 3. The van der Waals surface area contributed by atoms with Gasteiger partial charge in [-0.2, -0.15) is 0 Å². The van der Waals surface area contributed by atoms with E-state index in [1.165, 1.54) is 22.2 Å². The van der Waals surface area contributed by atoms with Gasteiger partial charge in [0, 0.05) is 36.0 Å². The Hall–Kier alpha value is -1.61. The summed E-state index contributed by atoms with van der Waals surface area (Å²) in [7, 11) is 1.78. The standard InChI is InChI=1S/C19H26N4OS.HI/c1-4-17-9-10-18(25-17)13-22-19(20-3)21-12-11-15-5-7-16(8-6-15)23-14(2)24;/h5-10H,4,11-13H2,1-3H3,(H,23,24)(H2,20,21,22);1H. The second-order valence-electron chi connectivity index (χ2n) is 5.70. The van der Waals surface area contributed by atoms with E-state index in [9.17, 15) is 4.79 Å². The summed E-state index contributed by atoms with van der Waals surface area (Å²) in [4.78, 5) is 18.0. The highest BCUT2D eigenvalue weighted by Gasteiger charge is 2.02.